The molecule has 2 heteroatoms. The molecular weight excluding hydrogens is 124 g/mol. The predicted octanol–water partition coefficient (Wildman–Crippen LogP) is 0.690. The highest BCUT2D eigenvalue weighted by atomic mass is 15.1. The van der Waals surface area contributed by atoms with Gasteiger partial charge in [-0.25, -0.2) is 0 Å². The van der Waals surface area contributed by atoms with Gasteiger partial charge in [-0.15, -0.1) is 0 Å². The maximum atomic E-state index is 3.16. The molecule has 10 heavy (non-hydrogen) atoms. The van der Waals surface area contributed by atoms with Gasteiger partial charge < -0.3 is 10.2 Å². The minimum absolute atomic E-state index is 0.928. The molecule has 0 radical (unpaired) electrons. The summed E-state index contributed by atoms with van der Waals surface area (Å²) >= 11 is 0. The largest absolute Gasteiger partial charge is 0.320 e. The summed E-state index contributed by atoms with van der Waals surface area (Å²) < 4.78 is 0. The Kier molecular flexibility index (Phi) is 3.16. The van der Waals surface area contributed by atoms with Gasteiger partial charge in [-0.1, -0.05) is 0 Å². The molecule has 2 nitrogen and oxygen atoms in total. The Hall–Kier alpha value is -0.0800. The third-order valence-corrected chi connectivity index (χ3v) is 2.11. The van der Waals surface area contributed by atoms with Gasteiger partial charge in [0.05, 0.1) is 0 Å². The third kappa shape index (κ3) is 2.67. The summed E-state index contributed by atoms with van der Waals surface area (Å²) in [5.74, 6) is 0. The zero-order valence-electron chi connectivity index (χ0n) is 7.06. The average Bonchev–Trinajstić information content (AvgIpc) is 2.69. The van der Waals surface area contributed by atoms with E-state index in [-0.39, 0.29) is 0 Å². The minimum Gasteiger partial charge on any atom is -0.320 e. The van der Waals surface area contributed by atoms with Crippen molar-refractivity contribution >= 4 is 0 Å². The lowest BCUT2D eigenvalue weighted by molar-refractivity contribution is 0.318. The molecule has 1 aliphatic carbocycles. The number of hydrogen-bond acceptors (Lipinski definition) is 2. The number of nitrogens with zero attached hydrogens (tertiary/aromatic N) is 1. The van der Waals surface area contributed by atoms with Crippen molar-refractivity contribution < 1.29 is 0 Å². The van der Waals surface area contributed by atoms with Crippen LogP contribution in [0.5, 0.6) is 0 Å². The van der Waals surface area contributed by atoms with E-state index >= 15 is 0 Å². The summed E-state index contributed by atoms with van der Waals surface area (Å²) in [4.78, 5) is 2.47. The van der Waals surface area contributed by atoms with Gasteiger partial charge in [-0.2, -0.15) is 0 Å². The summed E-state index contributed by atoms with van der Waals surface area (Å²) in [7, 11) is 4.24. The van der Waals surface area contributed by atoms with Crippen LogP contribution in [0.4, 0.5) is 0 Å². The van der Waals surface area contributed by atoms with Crippen LogP contribution < -0.4 is 5.32 Å². The van der Waals surface area contributed by atoms with Crippen LogP contribution in [0.15, 0.2) is 0 Å². The number of rotatable bonds is 5. The van der Waals surface area contributed by atoms with Gasteiger partial charge >= 0.3 is 0 Å². The van der Waals surface area contributed by atoms with Crippen molar-refractivity contribution in [2.75, 3.05) is 27.2 Å². The SMILES string of the molecule is CNCCCN(C)C1CC1. The highest BCUT2D eigenvalue weighted by molar-refractivity contribution is 4.82. The number of nitrogens with one attached hydrogen (secondary N) is 1. The molecule has 0 aromatic rings. The fourth-order valence-corrected chi connectivity index (χ4v) is 1.20. The smallest absolute Gasteiger partial charge is 0.00933 e. The molecule has 1 fully saturated rings. The van der Waals surface area contributed by atoms with Crippen molar-refractivity contribution in [3.8, 4) is 0 Å². The lowest BCUT2D eigenvalue weighted by atomic mass is 10.4. The van der Waals surface area contributed by atoms with E-state index in [2.05, 4.69) is 17.3 Å². The van der Waals surface area contributed by atoms with Gasteiger partial charge in [0, 0.05) is 6.04 Å². The van der Waals surface area contributed by atoms with Gasteiger partial charge in [0.15, 0.2) is 0 Å². The second-order valence-corrected chi connectivity index (χ2v) is 3.17. The Morgan fingerprint density at radius 2 is 2.20 bits per heavy atom. The molecule has 0 unspecified atom stereocenters. The maximum Gasteiger partial charge on any atom is 0.00933 e. The van der Waals surface area contributed by atoms with Gasteiger partial charge in [0.1, 0.15) is 0 Å². The maximum absolute atomic E-state index is 3.16. The molecule has 1 saturated carbocycles. The molecule has 0 aromatic heterocycles. The van der Waals surface area contributed by atoms with E-state index in [4.69, 9.17) is 0 Å². The van der Waals surface area contributed by atoms with E-state index in [1.165, 1.54) is 25.8 Å². The quantitative estimate of drug-likeness (QED) is 0.568. The van der Waals surface area contributed by atoms with Crippen LogP contribution in [0.3, 0.4) is 0 Å². The Balaban J connectivity index is 1.90. The minimum atomic E-state index is 0.928. The fourth-order valence-electron chi connectivity index (χ4n) is 1.20. The summed E-state index contributed by atoms with van der Waals surface area (Å²) in [6.45, 7) is 2.41. The van der Waals surface area contributed by atoms with E-state index in [9.17, 15) is 0 Å². The number of hydrogen-bond donors (Lipinski definition) is 1. The Morgan fingerprint density at radius 3 is 2.70 bits per heavy atom. The topological polar surface area (TPSA) is 15.3 Å². The standard InChI is InChI=1S/C8H18N2/c1-9-6-3-7-10(2)8-4-5-8/h8-9H,3-7H2,1-2H3. The molecule has 60 valence electrons. The summed E-state index contributed by atoms with van der Waals surface area (Å²) in [5, 5.41) is 3.16. The van der Waals surface area contributed by atoms with Crippen molar-refractivity contribution in [2.24, 2.45) is 0 Å². The van der Waals surface area contributed by atoms with Crippen LogP contribution in [0, 0.1) is 0 Å². The monoisotopic (exact) mass is 142 g/mol. The van der Waals surface area contributed by atoms with Crippen LogP contribution in [0.2, 0.25) is 0 Å². The van der Waals surface area contributed by atoms with Crippen molar-refractivity contribution in [1.29, 1.82) is 0 Å². The molecule has 0 heterocycles. The summed E-state index contributed by atoms with van der Waals surface area (Å²) in [5.41, 5.74) is 0. The van der Waals surface area contributed by atoms with E-state index in [1.54, 1.807) is 0 Å². The molecule has 1 N–H and O–H groups in total. The van der Waals surface area contributed by atoms with Crippen molar-refractivity contribution in [3.63, 3.8) is 0 Å². The molecule has 0 amide bonds. The Labute approximate surface area is 63.6 Å². The van der Waals surface area contributed by atoms with Gasteiger partial charge in [-0.3, -0.25) is 0 Å². The van der Waals surface area contributed by atoms with Crippen molar-refractivity contribution in [1.82, 2.24) is 10.2 Å². The molecule has 1 aliphatic rings. The average molecular weight is 142 g/mol. The first-order chi connectivity index (χ1) is 4.84. The third-order valence-electron chi connectivity index (χ3n) is 2.11. The Bertz CT molecular complexity index is 89.3. The molecule has 0 atom stereocenters. The zero-order valence-corrected chi connectivity index (χ0v) is 7.06. The van der Waals surface area contributed by atoms with E-state index in [0.29, 0.717) is 0 Å². The van der Waals surface area contributed by atoms with Crippen LogP contribution in [0.1, 0.15) is 19.3 Å². The predicted molar refractivity (Wildman–Crippen MR) is 44.2 cm³/mol. The van der Waals surface area contributed by atoms with Crippen LogP contribution in [0.25, 0.3) is 0 Å². The highest BCUT2D eigenvalue weighted by Crippen LogP contribution is 2.24. The van der Waals surface area contributed by atoms with E-state index < -0.39 is 0 Å². The first-order valence-corrected chi connectivity index (χ1v) is 4.19. The lowest BCUT2D eigenvalue weighted by Crippen LogP contribution is -2.24. The van der Waals surface area contributed by atoms with Crippen molar-refractivity contribution in [3.05, 3.63) is 0 Å². The molecule has 0 aliphatic heterocycles. The van der Waals surface area contributed by atoms with Crippen molar-refractivity contribution in [2.45, 2.75) is 25.3 Å². The van der Waals surface area contributed by atoms with Gasteiger partial charge in [-0.05, 0) is 46.4 Å². The molecule has 1 rings (SSSR count). The lowest BCUT2D eigenvalue weighted by Gasteiger charge is -2.14. The second-order valence-electron chi connectivity index (χ2n) is 3.17. The van der Waals surface area contributed by atoms with Gasteiger partial charge in [0.2, 0.25) is 0 Å². The van der Waals surface area contributed by atoms with Crippen LogP contribution in [-0.4, -0.2) is 38.1 Å². The first-order valence-electron chi connectivity index (χ1n) is 4.19. The normalized spacial score (nSPS) is 18.3. The van der Waals surface area contributed by atoms with E-state index in [0.717, 1.165) is 12.6 Å². The van der Waals surface area contributed by atoms with Crippen LogP contribution in [-0.2, 0) is 0 Å². The molecule has 0 spiro atoms. The molecule has 0 saturated heterocycles. The second kappa shape index (κ2) is 3.94. The van der Waals surface area contributed by atoms with Gasteiger partial charge in [0.25, 0.3) is 0 Å². The van der Waals surface area contributed by atoms with Crippen LogP contribution >= 0.6 is 0 Å². The Morgan fingerprint density at radius 1 is 1.50 bits per heavy atom. The van der Waals surface area contributed by atoms with E-state index in [1.807, 2.05) is 7.05 Å². The highest BCUT2D eigenvalue weighted by Gasteiger charge is 2.25. The molecular formula is C8H18N2. The fraction of sp³-hybridized carbons (Fsp3) is 1.00. The summed E-state index contributed by atoms with van der Waals surface area (Å²) in [6.07, 6.45) is 4.13. The molecule has 0 aromatic carbocycles. The summed E-state index contributed by atoms with van der Waals surface area (Å²) in [6, 6.07) is 0.928. The zero-order chi connectivity index (χ0) is 7.40. The molecule has 0 bridgehead atoms. The first kappa shape index (κ1) is 8.02.